The van der Waals surface area contributed by atoms with Crippen LogP contribution in [0, 0.1) is 5.41 Å². The van der Waals surface area contributed by atoms with Gasteiger partial charge in [-0.25, -0.2) is 0 Å². The Bertz CT molecular complexity index is 2020. The monoisotopic (exact) mass is 524 g/mol. The number of nitrogens with two attached hydrogens (primary N) is 1. The molecule has 7 aromatic carbocycles. The third-order valence-electron chi connectivity index (χ3n) is 7.90. The van der Waals surface area contributed by atoms with E-state index in [2.05, 4.69) is 133 Å². The number of rotatable bonds is 5. The van der Waals surface area contributed by atoms with Gasteiger partial charge in [0.1, 0.15) is 5.84 Å². The molecule has 0 amide bonds. The predicted octanol–water partition coefficient (Wildman–Crippen LogP) is 9.95. The van der Waals surface area contributed by atoms with Crippen LogP contribution < -0.4 is 5.73 Å². The zero-order valence-corrected chi connectivity index (χ0v) is 22.5. The maximum Gasteiger partial charge on any atom is 0.122 e. The first-order chi connectivity index (χ1) is 20.2. The van der Waals surface area contributed by atoms with E-state index in [0.717, 1.165) is 33.0 Å². The van der Waals surface area contributed by atoms with E-state index < -0.39 is 0 Å². The number of fused-ring (bicyclic) bond motifs is 2. The molecule has 0 aliphatic heterocycles. The van der Waals surface area contributed by atoms with Crippen molar-refractivity contribution in [2.45, 2.75) is 0 Å². The highest BCUT2D eigenvalue weighted by Gasteiger charge is 2.18. The smallest absolute Gasteiger partial charge is 0.122 e. The molecule has 0 aliphatic carbocycles. The van der Waals surface area contributed by atoms with Crippen LogP contribution in [0.15, 0.2) is 152 Å². The van der Waals surface area contributed by atoms with Gasteiger partial charge < -0.3 is 5.73 Å². The Hall–Kier alpha value is -5.47. The van der Waals surface area contributed by atoms with Crippen molar-refractivity contribution in [3.05, 3.63) is 157 Å². The first kappa shape index (κ1) is 24.6. The van der Waals surface area contributed by atoms with Gasteiger partial charge in [0, 0.05) is 5.56 Å². The van der Waals surface area contributed by atoms with Crippen molar-refractivity contribution in [2.75, 3.05) is 0 Å². The lowest BCUT2D eigenvalue weighted by molar-refractivity contribution is 1.43. The van der Waals surface area contributed by atoms with Crippen molar-refractivity contribution in [1.29, 1.82) is 5.41 Å². The van der Waals surface area contributed by atoms with E-state index >= 15 is 0 Å². The minimum absolute atomic E-state index is 0.0687. The zero-order valence-electron chi connectivity index (χ0n) is 22.5. The number of hydrogen-bond donors (Lipinski definition) is 2. The molecule has 3 N–H and O–H groups in total. The topological polar surface area (TPSA) is 49.9 Å². The van der Waals surface area contributed by atoms with Gasteiger partial charge in [-0.1, -0.05) is 146 Å². The van der Waals surface area contributed by atoms with Gasteiger partial charge in [0.25, 0.3) is 0 Å². The Morgan fingerprint density at radius 1 is 0.366 bits per heavy atom. The summed E-state index contributed by atoms with van der Waals surface area (Å²) < 4.78 is 0. The minimum Gasteiger partial charge on any atom is -0.384 e. The van der Waals surface area contributed by atoms with Crippen LogP contribution in [0.3, 0.4) is 0 Å². The van der Waals surface area contributed by atoms with Crippen LogP contribution in [0.4, 0.5) is 0 Å². The largest absolute Gasteiger partial charge is 0.384 e. The molecular weight excluding hydrogens is 496 g/mol. The molecule has 194 valence electrons. The summed E-state index contributed by atoms with van der Waals surface area (Å²) in [6, 6.07) is 53.4. The van der Waals surface area contributed by atoms with E-state index in [1.165, 1.54) is 38.6 Å². The zero-order chi connectivity index (χ0) is 27.8. The molecule has 0 saturated heterocycles. The summed E-state index contributed by atoms with van der Waals surface area (Å²) in [5.41, 5.74) is 16.1. The van der Waals surface area contributed by atoms with Gasteiger partial charge in [-0.15, -0.1) is 0 Å². The van der Waals surface area contributed by atoms with Gasteiger partial charge in [0.15, 0.2) is 0 Å². The third kappa shape index (κ3) is 4.46. The van der Waals surface area contributed by atoms with Crippen LogP contribution in [0.25, 0.3) is 66.1 Å². The Balaban J connectivity index is 1.47. The number of benzene rings is 7. The predicted molar refractivity (Wildman–Crippen MR) is 174 cm³/mol. The minimum atomic E-state index is 0.0687. The molecule has 41 heavy (non-hydrogen) atoms. The summed E-state index contributed by atoms with van der Waals surface area (Å²) in [5, 5.41) is 12.8. The molecule has 7 aromatic rings. The second kappa shape index (κ2) is 10.3. The molecule has 0 bridgehead atoms. The van der Waals surface area contributed by atoms with Crippen LogP contribution in [0.1, 0.15) is 5.56 Å². The molecule has 0 spiro atoms. The molecule has 0 atom stereocenters. The van der Waals surface area contributed by atoms with E-state index in [4.69, 9.17) is 11.1 Å². The summed E-state index contributed by atoms with van der Waals surface area (Å²) in [5.74, 6) is 0.0687. The van der Waals surface area contributed by atoms with Crippen LogP contribution in [-0.2, 0) is 0 Å². The summed E-state index contributed by atoms with van der Waals surface area (Å²) >= 11 is 0. The lowest BCUT2D eigenvalue weighted by atomic mass is 9.84. The van der Waals surface area contributed by atoms with Gasteiger partial charge in [0.05, 0.1) is 0 Å². The van der Waals surface area contributed by atoms with Crippen LogP contribution >= 0.6 is 0 Å². The molecule has 0 aromatic heterocycles. The van der Waals surface area contributed by atoms with Crippen LogP contribution in [0.2, 0.25) is 0 Å². The standard InChI is InChI=1S/C39H28N2/c40-39(41)32-23-24-35-36(25-32)38(31-21-17-29(18-22-31)27-11-5-2-6-12-27)34-14-8-7-13-33(34)37(35)30-19-15-28(16-20-30)26-9-3-1-4-10-26/h1-25H,(H3,40,41). The van der Waals surface area contributed by atoms with Crippen LogP contribution in [-0.4, -0.2) is 5.84 Å². The van der Waals surface area contributed by atoms with Gasteiger partial charge in [-0.3, -0.25) is 5.41 Å². The fourth-order valence-electron chi connectivity index (χ4n) is 5.89. The van der Waals surface area contributed by atoms with Gasteiger partial charge in [0.2, 0.25) is 0 Å². The first-order valence-electron chi connectivity index (χ1n) is 13.8. The molecule has 0 unspecified atom stereocenters. The summed E-state index contributed by atoms with van der Waals surface area (Å²) in [6.45, 7) is 0. The summed E-state index contributed by atoms with van der Waals surface area (Å²) in [7, 11) is 0. The Morgan fingerprint density at radius 3 is 1.20 bits per heavy atom. The van der Waals surface area contributed by atoms with Gasteiger partial charge in [-0.05, 0) is 72.1 Å². The molecule has 0 fully saturated rings. The molecule has 2 heteroatoms. The fraction of sp³-hybridized carbons (Fsp3) is 0. The van der Waals surface area contributed by atoms with Crippen molar-refractivity contribution in [3.63, 3.8) is 0 Å². The number of hydrogen-bond acceptors (Lipinski definition) is 1. The Kier molecular flexibility index (Phi) is 6.14. The number of nitrogens with one attached hydrogen (secondary N) is 1. The average Bonchev–Trinajstić information content (AvgIpc) is 3.04. The highest BCUT2D eigenvalue weighted by Crippen LogP contribution is 2.44. The molecule has 0 heterocycles. The quantitative estimate of drug-likeness (QED) is 0.131. The normalized spacial score (nSPS) is 11.1. The number of nitrogen functional groups attached to an aromatic ring is 1. The second-order valence-corrected chi connectivity index (χ2v) is 10.4. The lowest BCUT2D eigenvalue weighted by Gasteiger charge is -2.19. The molecule has 7 rings (SSSR count). The van der Waals surface area contributed by atoms with Gasteiger partial charge in [-0.2, -0.15) is 0 Å². The van der Waals surface area contributed by atoms with Crippen LogP contribution in [0.5, 0.6) is 0 Å². The van der Waals surface area contributed by atoms with Gasteiger partial charge >= 0.3 is 0 Å². The van der Waals surface area contributed by atoms with Crippen molar-refractivity contribution in [2.24, 2.45) is 5.73 Å². The lowest BCUT2D eigenvalue weighted by Crippen LogP contribution is -2.10. The molecule has 0 aliphatic rings. The van der Waals surface area contributed by atoms with Crippen molar-refractivity contribution in [3.8, 4) is 44.5 Å². The fourth-order valence-corrected chi connectivity index (χ4v) is 5.89. The Morgan fingerprint density at radius 2 is 0.732 bits per heavy atom. The maximum atomic E-state index is 8.17. The van der Waals surface area contributed by atoms with E-state index in [1.54, 1.807) is 0 Å². The van der Waals surface area contributed by atoms with E-state index in [1.807, 2.05) is 18.2 Å². The Labute approximate surface area is 239 Å². The van der Waals surface area contributed by atoms with E-state index in [0.29, 0.717) is 0 Å². The molecule has 0 saturated carbocycles. The van der Waals surface area contributed by atoms with Crippen molar-refractivity contribution in [1.82, 2.24) is 0 Å². The molecular formula is C39H28N2. The molecule has 0 radical (unpaired) electrons. The van der Waals surface area contributed by atoms with Crippen molar-refractivity contribution >= 4 is 27.4 Å². The van der Waals surface area contributed by atoms with E-state index in [9.17, 15) is 0 Å². The van der Waals surface area contributed by atoms with Crippen molar-refractivity contribution < 1.29 is 0 Å². The summed E-state index contributed by atoms with van der Waals surface area (Å²) in [6.07, 6.45) is 0. The third-order valence-corrected chi connectivity index (χ3v) is 7.90. The SMILES string of the molecule is N=C(N)c1ccc2c(-c3ccc(-c4ccccc4)cc3)c3ccccc3c(-c3ccc(-c4ccccc4)cc3)c2c1. The average molecular weight is 525 g/mol. The maximum absolute atomic E-state index is 8.17. The first-order valence-corrected chi connectivity index (χ1v) is 13.8. The number of amidine groups is 1. The highest BCUT2D eigenvalue weighted by atomic mass is 14.7. The summed E-state index contributed by atoms with van der Waals surface area (Å²) in [4.78, 5) is 0. The molecule has 2 nitrogen and oxygen atoms in total. The highest BCUT2D eigenvalue weighted by molar-refractivity contribution is 6.22. The van der Waals surface area contributed by atoms with E-state index in [-0.39, 0.29) is 5.84 Å². The second-order valence-electron chi connectivity index (χ2n) is 10.4.